The van der Waals surface area contributed by atoms with Crippen molar-refractivity contribution < 1.29 is 14.7 Å². The molecule has 3 aromatic heterocycles. The molecule has 0 aliphatic heterocycles. The standard InChI is InChI=1S/C21H18N2O3S2/c1-11-4-6-13(7-5-11)15-10-27-19(17(15)21(25)26)22-18(24)16-8-14-12(2)9-23(3)20(14)28-16/h4-10H,1-3H3,(H,22,24)(H,25,26). The van der Waals surface area contributed by atoms with Gasteiger partial charge in [0.2, 0.25) is 0 Å². The highest BCUT2D eigenvalue weighted by atomic mass is 32.1. The van der Waals surface area contributed by atoms with E-state index in [1.807, 2.05) is 62.0 Å². The molecule has 0 saturated heterocycles. The predicted molar refractivity (Wildman–Crippen MR) is 115 cm³/mol. The highest BCUT2D eigenvalue weighted by molar-refractivity contribution is 7.20. The summed E-state index contributed by atoms with van der Waals surface area (Å²) in [7, 11) is 1.95. The molecule has 0 bridgehead atoms. The molecule has 142 valence electrons. The molecular weight excluding hydrogens is 392 g/mol. The Balaban J connectivity index is 1.68. The predicted octanol–water partition coefficient (Wildman–Crippen LogP) is 5.54. The van der Waals surface area contributed by atoms with E-state index in [2.05, 4.69) is 5.32 Å². The number of nitrogens with one attached hydrogen (secondary N) is 1. The summed E-state index contributed by atoms with van der Waals surface area (Å²) in [5.41, 5.74) is 3.76. The lowest BCUT2D eigenvalue weighted by Crippen LogP contribution is -2.12. The van der Waals surface area contributed by atoms with Gasteiger partial charge >= 0.3 is 5.97 Å². The summed E-state index contributed by atoms with van der Waals surface area (Å²) in [5.74, 6) is -1.35. The van der Waals surface area contributed by atoms with Crippen LogP contribution in [0.4, 0.5) is 5.00 Å². The monoisotopic (exact) mass is 410 g/mol. The number of carboxylic acid groups (broad SMARTS) is 1. The molecule has 4 rings (SSSR count). The first-order valence-electron chi connectivity index (χ1n) is 8.64. The Bertz CT molecular complexity index is 1180. The van der Waals surface area contributed by atoms with Crippen LogP contribution >= 0.6 is 22.7 Å². The van der Waals surface area contributed by atoms with E-state index in [1.54, 1.807) is 5.38 Å². The Hall–Kier alpha value is -2.90. The largest absolute Gasteiger partial charge is 0.478 e. The molecule has 28 heavy (non-hydrogen) atoms. The second-order valence-corrected chi connectivity index (χ2v) is 8.64. The third kappa shape index (κ3) is 3.12. The van der Waals surface area contributed by atoms with Crippen molar-refractivity contribution >= 4 is 49.8 Å². The maximum atomic E-state index is 12.8. The fraction of sp³-hybridized carbons (Fsp3) is 0.143. The molecule has 0 spiro atoms. The molecule has 1 amide bonds. The van der Waals surface area contributed by atoms with E-state index in [9.17, 15) is 14.7 Å². The summed E-state index contributed by atoms with van der Waals surface area (Å²) in [6.45, 7) is 3.99. The molecule has 0 aliphatic rings. The fourth-order valence-corrected chi connectivity index (χ4v) is 5.24. The summed E-state index contributed by atoms with van der Waals surface area (Å²) >= 11 is 2.63. The van der Waals surface area contributed by atoms with E-state index in [-0.39, 0.29) is 11.5 Å². The van der Waals surface area contributed by atoms with Gasteiger partial charge in [0.15, 0.2) is 0 Å². The zero-order valence-electron chi connectivity index (χ0n) is 15.6. The number of aromatic carboxylic acids is 1. The molecule has 5 nitrogen and oxygen atoms in total. The first kappa shape index (κ1) is 18.5. The SMILES string of the molecule is Cc1ccc(-c2csc(NC(=O)c3cc4c(C)cn(C)c4s3)c2C(=O)O)cc1. The fourth-order valence-electron chi connectivity index (χ4n) is 3.23. The summed E-state index contributed by atoms with van der Waals surface area (Å²) in [4.78, 5) is 26.3. The number of carbonyl (C=O) groups is 2. The summed E-state index contributed by atoms with van der Waals surface area (Å²) < 4.78 is 2.00. The van der Waals surface area contributed by atoms with Gasteiger partial charge in [-0.15, -0.1) is 22.7 Å². The van der Waals surface area contributed by atoms with Crippen molar-refractivity contribution in [2.45, 2.75) is 13.8 Å². The van der Waals surface area contributed by atoms with Crippen LogP contribution in [0.5, 0.6) is 0 Å². The molecule has 2 N–H and O–H groups in total. The Morgan fingerprint density at radius 2 is 1.86 bits per heavy atom. The number of hydrogen-bond donors (Lipinski definition) is 2. The van der Waals surface area contributed by atoms with Gasteiger partial charge in [0, 0.05) is 29.6 Å². The van der Waals surface area contributed by atoms with Gasteiger partial charge in [0.1, 0.15) is 15.4 Å². The maximum absolute atomic E-state index is 12.8. The third-order valence-electron chi connectivity index (χ3n) is 4.66. The maximum Gasteiger partial charge on any atom is 0.339 e. The minimum absolute atomic E-state index is 0.125. The quantitative estimate of drug-likeness (QED) is 0.464. The second kappa shape index (κ2) is 6.92. The van der Waals surface area contributed by atoms with Crippen LogP contribution in [0, 0.1) is 13.8 Å². The van der Waals surface area contributed by atoms with Gasteiger partial charge in [-0.25, -0.2) is 4.79 Å². The lowest BCUT2D eigenvalue weighted by atomic mass is 10.0. The van der Waals surface area contributed by atoms with Crippen molar-refractivity contribution in [2.75, 3.05) is 5.32 Å². The van der Waals surface area contributed by atoms with Crippen LogP contribution in [0.3, 0.4) is 0 Å². The number of aromatic nitrogens is 1. The van der Waals surface area contributed by atoms with E-state index in [1.165, 1.54) is 22.7 Å². The summed E-state index contributed by atoms with van der Waals surface area (Å²) in [6, 6.07) is 9.53. The van der Waals surface area contributed by atoms with Crippen molar-refractivity contribution in [1.29, 1.82) is 0 Å². The first-order chi connectivity index (χ1) is 13.3. The molecule has 0 unspecified atom stereocenters. The lowest BCUT2D eigenvalue weighted by molar-refractivity contribution is 0.0699. The number of nitrogens with zero attached hydrogens (tertiary/aromatic N) is 1. The molecule has 0 saturated carbocycles. The highest BCUT2D eigenvalue weighted by Gasteiger charge is 2.22. The third-order valence-corrected chi connectivity index (χ3v) is 6.78. The number of hydrogen-bond acceptors (Lipinski definition) is 4. The second-order valence-electron chi connectivity index (χ2n) is 6.73. The molecule has 0 aliphatic carbocycles. The summed E-state index contributed by atoms with van der Waals surface area (Å²) in [6.07, 6.45) is 2.03. The van der Waals surface area contributed by atoms with E-state index in [4.69, 9.17) is 0 Å². The molecule has 4 aromatic rings. The van der Waals surface area contributed by atoms with Crippen molar-refractivity contribution in [3.8, 4) is 11.1 Å². The number of benzene rings is 1. The van der Waals surface area contributed by atoms with Gasteiger partial charge in [-0.1, -0.05) is 29.8 Å². The van der Waals surface area contributed by atoms with Crippen LogP contribution in [0.25, 0.3) is 21.3 Å². The van der Waals surface area contributed by atoms with Gasteiger partial charge in [-0.05, 0) is 31.0 Å². The normalized spacial score (nSPS) is 11.1. The molecule has 7 heteroatoms. The zero-order valence-corrected chi connectivity index (χ0v) is 17.2. The smallest absolute Gasteiger partial charge is 0.339 e. The first-order valence-corrected chi connectivity index (χ1v) is 10.3. The lowest BCUT2D eigenvalue weighted by Gasteiger charge is -2.05. The van der Waals surface area contributed by atoms with Crippen LogP contribution in [0.15, 0.2) is 41.9 Å². The van der Waals surface area contributed by atoms with Crippen LogP contribution in [-0.2, 0) is 7.05 Å². The van der Waals surface area contributed by atoms with Gasteiger partial charge in [0.05, 0.1) is 4.88 Å². The average Bonchev–Trinajstić information content (AvgIpc) is 3.32. The highest BCUT2D eigenvalue weighted by Crippen LogP contribution is 2.37. The van der Waals surface area contributed by atoms with E-state index in [0.717, 1.165) is 26.9 Å². The number of aryl methyl sites for hydroxylation is 3. The summed E-state index contributed by atoms with van der Waals surface area (Å²) in [5, 5.41) is 15.7. The van der Waals surface area contributed by atoms with E-state index < -0.39 is 5.97 Å². The zero-order chi connectivity index (χ0) is 20.0. The van der Waals surface area contributed by atoms with Crippen LogP contribution in [-0.4, -0.2) is 21.6 Å². The molecular formula is C21H18N2O3S2. The molecule has 0 radical (unpaired) electrons. The number of carboxylic acids is 1. The van der Waals surface area contributed by atoms with Crippen molar-refractivity contribution in [3.63, 3.8) is 0 Å². The number of carbonyl (C=O) groups excluding carboxylic acids is 1. The van der Waals surface area contributed by atoms with E-state index in [0.29, 0.717) is 15.4 Å². The minimum atomic E-state index is -1.06. The number of rotatable bonds is 4. The topological polar surface area (TPSA) is 71.3 Å². The average molecular weight is 411 g/mol. The van der Waals surface area contributed by atoms with Gasteiger partial charge in [-0.2, -0.15) is 0 Å². The van der Waals surface area contributed by atoms with Gasteiger partial charge in [0.25, 0.3) is 5.91 Å². The molecule has 0 atom stereocenters. The van der Waals surface area contributed by atoms with Crippen molar-refractivity contribution in [1.82, 2.24) is 4.57 Å². The van der Waals surface area contributed by atoms with Crippen molar-refractivity contribution in [2.24, 2.45) is 7.05 Å². The van der Waals surface area contributed by atoms with Crippen LogP contribution in [0.2, 0.25) is 0 Å². The number of anilines is 1. The number of fused-ring (bicyclic) bond motifs is 1. The molecule has 3 heterocycles. The minimum Gasteiger partial charge on any atom is -0.478 e. The Labute approximate surface area is 169 Å². The Morgan fingerprint density at radius 1 is 1.14 bits per heavy atom. The van der Waals surface area contributed by atoms with Crippen LogP contribution < -0.4 is 5.32 Å². The number of amides is 1. The molecule has 0 fully saturated rings. The Morgan fingerprint density at radius 3 is 2.50 bits per heavy atom. The number of thiophene rings is 2. The van der Waals surface area contributed by atoms with Gasteiger partial charge in [-0.3, -0.25) is 4.79 Å². The van der Waals surface area contributed by atoms with Crippen LogP contribution in [0.1, 0.15) is 31.2 Å². The Kier molecular flexibility index (Phi) is 4.56. The van der Waals surface area contributed by atoms with Gasteiger partial charge < -0.3 is 15.0 Å². The van der Waals surface area contributed by atoms with Crippen molar-refractivity contribution in [3.05, 3.63) is 63.5 Å². The molecule has 1 aromatic carbocycles. The van der Waals surface area contributed by atoms with E-state index >= 15 is 0 Å².